The maximum atomic E-state index is 12.3. The highest BCUT2D eigenvalue weighted by molar-refractivity contribution is 6.02. The smallest absolute Gasteiger partial charge is 0.302 e. The van der Waals surface area contributed by atoms with Crippen LogP contribution < -0.4 is 10.1 Å². The number of esters is 1. The minimum atomic E-state index is -0.542. The Morgan fingerprint density at radius 2 is 1.82 bits per heavy atom. The number of nitrogens with one attached hydrogen (secondary N) is 1. The van der Waals surface area contributed by atoms with Crippen LogP contribution in [0.5, 0.6) is 17.2 Å². The fourth-order valence-corrected chi connectivity index (χ4v) is 2.73. The Balaban J connectivity index is 1.83. The van der Waals surface area contributed by atoms with Crippen LogP contribution in [0, 0.1) is 6.92 Å². The van der Waals surface area contributed by atoms with Crippen LogP contribution in [0.4, 0.5) is 0 Å². The van der Waals surface area contributed by atoms with E-state index in [4.69, 9.17) is 9.47 Å². The third-order valence-electron chi connectivity index (χ3n) is 4.03. The molecule has 7 nitrogen and oxygen atoms in total. The van der Waals surface area contributed by atoms with Crippen molar-refractivity contribution in [1.82, 2.24) is 10.3 Å². The number of nitrogens with zero attached hydrogens (tertiary/aromatic N) is 1. The maximum absolute atomic E-state index is 12.3. The first-order valence-corrected chi connectivity index (χ1v) is 8.73. The second kappa shape index (κ2) is 8.39. The summed E-state index contributed by atoms with van der Waals surface area (Å²) in [5.41, 5.74) is 0.501. The quantitative estimate of drug-likeness (QED) is 0.503. The number of hydrogen-bond acceptors (Lipinski definition) is 6. The van der Waals surface area contributed by atoms with Gasteiger partial charge >= 0.3 is 5.97 Å². The van der Waals surface area contributed by atoms with Crippen molar-refractivity contribution in [2.24, 2.45) is 0 Å². The Morgan fingerprint density at radius 1 is 1.07 bits per heavy atom. The number of ether oxygens (including phenoxy) is 2. The second-order valence-electron chi connectivity index (χ2n) is 6.11. The third kappa shape index (κ3) is 4.37. The van der Waals surface area contributed by atoms with Crippen LogP contribution in [0.3, 0.4) is 0 Å². The number of carbonyl (C=O) groups excluding carboxylic acids is 2. The molecule has 7 heteroatoms. The van der Waals surface area contributed by atoms with Crippen LogP contribution in [-0.2, 0) is 9.53 Å². The monoisotopic (exact) mass is 380 g/mol. The number of amides is 1. The average Bonchev–Trinajstić information content (AvgIpc) is 2.68. The van der Waals surface area contributed by atoms with E-state index in [9.17, 15) is 14.7 Å². The molecule has 2 N–H and O–H groups in total. The molecular formula is C21H20N2O5. The Kier molecular flexibility index (Phi) is 5.74. The molecule has 0 saturated heterocycles. The van der Waals surface area contributed by atoms with Gasteiger partial charge in [0.2, 0.25) is 0 Å². The molecule has 3 rings (SSSR count). The van der Waals surface area contributed by atoms with Crippen molar-refractivity contribution in [1.29, 1.82) is 0 Å². The number of pyridine rings is 1. The molecular weight excluding hydrogens is 360 g/mol. The zero-order valence-electron chi connectivity index (χ0n) is 15.6. The van der Waals surface area contributed by atoms with Gasteiger partial charge in [-0.05, 0) is 37.3 Å². The molecule has 0 fully saturated rings. The van der Waals surface area contributed by atoms with E-state index in [1.165, 1.54) is 6.92 Å². The van der Waals surface area contributed by atoms with E-state index >= 15 is 0 Å². The Bertz CT molecular complexity index is 1020. The molecule has 2 aromatic carbocycles. The number of para-hydroxylation sites is 1. The zero-order valence-corrected chi connectivity index (χ0v) is 15.6. The van der Waals surface area contributed by atoms with Gasteiger partial charge in [0.05, 0.1) is 6.54 Å². The fraction of sp³-hybridized carbons (Fsp3) is 0.190. The van der Waals surface area contributed by atoms with Crippen molar-refractivity contribution in [2.75, 3.05) is 13.2 Å². The van der Waals surface area contributed by atoms with Gasteiger partial charge < -0.3 is 19.9 Å². The van der Waals surface area contributed by atoms with Crippen molar-refractivity contribution < 1.29 is 24.2 Å². The van der Waals surface area contributed by atoms with Gasteiger partial charge in [-0.25, -0.2) is 4.98 Å². The van der Waals surface area contributed by atoms with E-state index in [1.807, 2.05) is 30.3 Å². The summed E-state index contributed by atoms with van der Waals surface area (Å²) in [6.07, 6.45) is 0. The highest BCUT2D eigenvalue weighted by atomic mass is 16.5. The first-order chi connectivity index (χ1) is 13.5. The highest BCUT2D eigenvalue weighted by Gasteiger charge is 2.18. The van der Waals surface area contributed by atoms with E-state index in [0.29, 0.717) is 28.0 Å². The molecule has 3 aromatic rings. The number of rotatable bonds is 6. The van der Waals surface area contributed by atoms with Gasteiger partial charge in [0.1, 0.15) is 18.1 Å². The number of carbonyl (C=O) groups is 2. The predicted octanol–water partition coefficient (Wildman–Crippen LogP) is 3.33. The largest absolute Gasteiger partial charge is 0.505 e. The summed E-state index contributed by atoms with van der Waals surface area (Å²) in [5.74, 6) is 0.114. The van der Waals surface area contributed by atoms with Gasteiger partial charge in [0.25, 0.3) is 5.91 Å². The molecule has 1 amide bonds. The standard InChI is InChI=1S/C21H20N2O5/c1-13-18-12-16(28-15-6-4-3-5-7-15)8-9-17(18)20(25)19(23-13)21(26)22-10-11-27-14(2)24/h3-9,12,25H,10-11H2,1-2H3,(H,22,26). The minimum Gasteiger partial charge on any atom is -0.505 e. The number of fused-ring (bicyclic) bond motifs is 1. The van der Waals surface area contributed by atoms with Crippen LogP contribution >= 0.6 is 0 Å². The van der Waals surface area contributed by atoms with Crippen molar-refractivity contribution in [2.45, 2.75) is 13.8 Å². The first-order valence-electron chi connectivity index (χ1n) is 8.73. The highest BCUT2D eigenvalue weighted by Crippen LogP contribution is 2.33. The topological polar surface area (TPSA) is 97.8 Å². The molecule has 0 bridgehead atoms. The lowest BCUT2D eigenvalue weighted by molar-refractivity contribution is -0.140. The maximum Gasteiger partial charge on any atom is 0.302 e. The van der Waals surface area contributed by atoms with E-state index < -0.39 is 11.9 Å². The molecule has 0 saturated carbocycles. The molecule has 0 aliphatic rings. The molecule has 0 aliphatic carbocycles. The van der Waals surface area contributed by atoms with Crippen LogP contribution in [-0.4, -0.2) is 35.1 Å². The van der Waals surface area contributed by atoms with Crippen molar-refractivity contribution in [3.8, 4) is 17.2 Å². The van der Waals surface area contributed by atoms with Crippen LogP contribution in [0.25, 0.3) is 10.8 Å². The van der Waals surface area contributed by atoms with E-state index in [-0.39, 0.29) is 24.6 Å². The van der Waals surface area contributed by atoms with Crippen molar-refractivity contribution >= 4 is 22.6 Å². The van der Waals surface area contributed by atoms with Gasteiger partial charge in [-0.3, -0.25) is 9.59 Å². The van der Waals surface area contributed by atoms with Gasteiger partial charge in [0.15, 0.2) is 11.4 Å². The molecule has 0 aliphatic heterocycles. The Morgan fingerprint density at radius 3 is 2.54 bits per heavy atom. The van der Waals surface area contributed by atoms with E-state index in [0.717, 1.165) is 0 Å². The lowest BCUT2D eigenvalue weighted by atomic mass is 10.1. The van der Waals surface area contributed by atoms with Gasteiger partial charge in [-0.2, -0.15) is 0 Å². The Hall–Kier alpha value is -3.61. The first kappa shape index (κ1) is 19.2. The number of aryl methyl sites for hydroxylation is 1. The Labute approximate surface area is 161 Å². The number of benzene rings is 2. The normalized spacial score (nSPS) is 10.5. The van der Waals surface area contributed by atoms with Gasteiger partial charge in [-0.1, -0.05) is 18.2 Å². The summed E-state index contributed by atoms with van der Waals surface area (Å²) >= 11 is 0. The number of aromatic nitrogens is 1. The van der Waals surface area contributed by atoms with Gasteiger partial charge in [0, 0.05) is 23.4 Å². The fourth-order valence-electron chi connectivity index (χ4n) is 2.73. The van der Waals surface area contributed by atoms with Crippen LogP contribution in [0.15, 0.2) is 48.5 Å². The predicted molar refractivity (Wildman–Crippen MR) is 104 cm³/mol. The number of aromatic hydroxyl groups is 1. The van der Waals surface area contributed by atoms with Crippen LogP contribution in [0.1, 0.15) is 23.1 Å². The van der Waals surface area contributed by atoms with Crippen LogP contribution in [0.2, 0.25) is 0 Å². The third-order valence-corrected chi connectivity index (χ3v) is 4.03. The summed E-state index contributed by atoms with van der Waals surface area (Å²) in [7, 11) is 0. The molecule has 0 atom stereocenters. The lowest BCUT2D eigenvalue weighted by Crippen LogP contribution is -2.28. The molecule has 144 valence electrons. The summed E-state index contributed by atoms with van der Waals surface area (Å²) in [5, 5.41) is 14.3. The molecule has 0 spiro atoms. The number of hydrogen-bond donors (Lipinski definition) is 2. The molecule has 0 unspecified atom stereocenters. The molecule has 28 heavy (non-hydrogen) atoms. The summed E-state index contributed by atoms with van der Waals surface area (Å²) < 4.78 is 10.6. The summed E-state index contributed by atoms with van der Waals surface area (Å²) in [6, 6.07) is 14.5. The molecule has 1 aromatic heterocycles. The average molecular weight is 380 g/mol. The second-order valence-corrected chi connectivity index (χ2v) is 6.11. The lowest BCUT2D eigenvalue weighted by Gasteiger charge is -2.12. The SMILES string of the molecule is CC(=O)OCCNC(=O)c1nc(C)c2cc(Oc3ccccc3)ccc2c1O. The van der Waals surface area contributed by atoms with Crippen molar-refractivity contribution in [3.63, 3.8) is 0 Å². The van der Waals surface area contributed by atoms with E-state index in [2.05, 4.69) is 10.3 Å². The summed E-state index contributed by atoms with van der Waals surface area (Å²) in [4.78, 5) is 27.3. The van der Waals surface area contributed by atoms with Crippen molar-refractivity contribution in [3.05, 3.63) is 59.9 Å². The van der Waals surface area contributed by atoms with E-state index in [1.54, 1.807) is 25.1 Å². The minimum absolute atomic E-state index is 0.0502. The van der Waals surface area contributed by atoms with Gasteiger partial charge in [-0.15, -0.1) is 0 Å². The zero-order chi connectivity index (χ0) is 20.1. The molecule has 1 heterocycles. The molecule has 0 radical (unpaired) electrons. The summed E-state index contributed by atoms with van der Waals surface area (Å²) in [6.45, 7) is 3.22.